The van der Waals surface area contributed by atoms with Crippen molar-refractivity contribution in [1.29, 1.82) is 0 Å². The molecule has 1 aromatic rings. The number of carbonyl (C=O) groups excluding carboxylic acids is 2. The minimum atomic E-state index is -0.304. The molecule has 0 N–H and O–H groups in total. The van der Waals surface area contributed by atoms with Crippen LogP contribution in [-0.2, 0) is 9.53 Å². The van der Waals surface area contributed by atoms with E-state index in [9.17, 15) is 9.59 Å². The summed E-state index contributed by atoms with van der Waals surface area (Å²) < 4.78 is 6.00. The standard InChI is InChI=1S/C16H21N3O3/c1-13(20)18-7-4-16(5-8-18)12-19(9-10-22-16)15(21)14-3-2-6-17-11-14/h2-3,6,11H,4-5,7-10,12H2,1H3. The zero-order valence-corrected chi connectivity index (χ0v) is 12.8. The van der Waals surface area contributed by atoms with Gasteiger partial charge in [0.05, 0.1) is 24.3 Å². The van der Waals surface area contributed by atoms with Crippen LogP contribution in [0.15, 0.2) is 24.5 Å². The van der Waals surface area contributed by atoms with Gasteiger partial charge in [-0.2, -0.15) is 0 Å². The monoisotopic (exact) mass is 303 g/mol. The van der Waals surface area contributed by atoms with Gasteiger partial charge in [0.2, 0.25) is 5.91 Å². The fraction of sp³-hybridized carbons (Fsp3) is 0.562. The van der Waals surface area contributed by atoms with Crippen LogP contribution in [0.1, 0.15) is 30.1 Å². The van der Waals surface area contributed by atoms with Gasteiger partial charge in [-0.15, -0.1) is 0 Å². The second kappa shape index (κ2) is 6.04. The molecule has 118 valence electrons. The molecule has 3 rings (SSSR count). The van der Waals surface area contributed by atoms with Gasteiger partial charge < -0.3 is 14.5 Å². The molecule has 0 unspecified atom stereocenters. The number of morpholine rings is 1. The lowest BCUT2D eigenvalue weighted by Gasteiger charge is -2.47. The Hall–Kier alpha value is -1.95. The maximum absolute atomic E-state index is 12.6. The van der Waals surface area contributed by atoms with E-state index in [2.05, 4.69) is 4.98 Å². The van der Waals surface area contributed by atoms with Gasteiger partial charge >= 0.3 is 0 Å². The number of rotatable bonds is 1. The van der Waals surface area contributed by atoms with E-state index < -0.39 is 0 Å². The molecule has 2 fully saturated rings. The highest BCUT2D eigenvalue weighted by atomic mass is 16.5. The lowest BCUT2D eigenvalue weighted by molar-refractivity contribution is -0.145. The molecule has 0 bridgehead atoms. The van der Waals surface area contributed by atoms with Gasteiger partial charge in [-0.3, -0.25) is 14.6 Å². The normalized spacial score (nSPS) is 21.0. The van der Waals surface area contributed by atoms with Gasteiger partial charge in [-0.1, -0.05) is 0 Å². The van der Waals surface area contributed by atoms with E-state index >= 15 is 0 Å². The Morgan fingerprint density at radius 2 is 2.00 bits per heavy atom. The summed E-state index contributed by atoms with van der Waals surface area (Å²) in [6.07, 6.45) is 4.82. The van der Waals surface area contributed by atoms with Gasteiger partial charge in [0, 0.05) is 39.0 Å². The number of carbonyl (C=O) groups is 2. The van der Waals surface area contributed by atoms with Gasteiger partial charge in [-0.05, 0) is 25.0 Å². The molecule has 2 saturated heterocycles. The highest BCUT2D eigenvalue weighted by Gasteiger charge is 2.41. The molecule has 22 heavy (non-hydrogen) atoms. The van der Waals surface area contributed by atoms with Crippen molar-refractivity contribution >= 4 is 11.8 Å². The van der Waals surface area contributed by atoms with Crippen molar-refractivity contribution in [2.24, 2.45) is 0 Å². The predicted molar refractivity (Wildman–Crippen MR) is 80.3 cm³/mol. The summed E-state index contributed by atoms with van der Waals surface area (Å²) >= 11 is 0. The summed E-state index contributed by atoms with van der Waals surface area (Å²) in [5.41, 5.74) is 0.308. The van der Waals surface area contributed by atoms with Crippen molar-refractivity contribution in [2.75, 3.05) is 32.8 Å². The molecule has 0 aromatic carbocycles. The smallest absolute Gasteiger partial charge is 0.255 e. The molecular formula is C16H21N3O3. The van der Waals surface area contributed by atoms with Crippen LogP contribution in [0.25, 0.3) is 0 Å². The maximum atomic E-state index is 12.6. The third-order valence-corrected chi connectivity index (χ3v) is 4.56. The number of hydrogen-bond donors (Lipinski definition) is 0. The molecule has 3 heterocycles. The number of piperidine rings is 1. The molecule has 0 atom stereocenters. The van der Waals surface area contributed by atoms with E-state index in [1.807, 2.05) is 9.80 Å². The number of likely N-dealkylation sites (tertiary alicyclic amines) is 1. The quantitative estimate of drug-likeness (QED) is 0.774. The molecule has 2 amide bonds. The van der Waals surface area contributed by atoms with Crippen LogP contribution in [-0.4, -0.2) is 65.0 Å². The van der Waals surface area contributed by atoms with E-state index in [-0.39, 0.29) is 17.4 Å². The first-order valence-corrected chi connectivity index (χ1v) is 7.68. The van der Waals surface area contributed by atoms with Gasteiger partial charge in [-0.25, -0.2) is 0 Å². The van der Waals surface area contributed by atoms with Crippen LogP contribution < -0.4 is 0 Å². The second-order valence-electron chi connectivity index (χ2n) is 6.01. The average molecular weight is 303 g/mol. The number of aromatic nitrogens is 1. The van der Waals surface area contributed by atoms with Gasteiger partial charge in [0.25, 0.3) is 5.91 Å². The van der Waals surface area contributed by atoms with Crippen molar-refractivity contribution in [3.63, 3.8) is 0 Å². The third-order valence-electron chi connectivity index (χ3n) is 4.56. The molecule has 0 radical (unpaired) electrons. The van der Waals surface area contributed by atoms with Crippen LogP contribution in [0.2, 0.25) is 0 Å². The summed E-state index contributed by atoms with van der Waals surface area (Å²) in [7, 11) is 0. The zero-order chi connectivity index (χ0) is 15.6. The Labute approximate surface area is 130 Å². The third kappa shape index (κ3) is 2.97. The number of ether oxygens (including phenoxy) is 1. The highest BCUT2D eigenvalue weighted by molar-refractivity contribution is 5.94. The highest BCUT2D eigenvalue weighted by Crippen LogP contribution is 2.30. The summed E-state index contributed by atoms with van der Waals surface area (Å²) in [4.78, 5) is 31.7. The minimum Gasteiger partial charge on any atom is -0.371 e. The van der Waals surface area contributed by atoms with Crippen molar-refractivity contribution in [3.05, 3.63) is 30.1 Å². The molecule has 6 heteroatoms. The Bertz CT molecular complexity index is 553. The van der Waals surface area contributed by atoms with Crippen LogP contribution in [0.3, 0.4) is 0 Å². The molecule has 6 nitrogen and oxygen atoms in total. The second-order valence-corrected chi connectivity index (χ2v) is 6.01. The van der Waals surface area contributed by atoms with Gasteiger partial charge in [0.15, 0.2) is 0 Å². The van der Waals surface area contributed by atoms with Crippen molar-refractivity contribution in [3.8, 4) is 0 Å². The van der Waals surface area contributed by atoms with Crippen LogP contribution in [0.5, 0.6) is 0 Å². The van der Waals surface area contributed by atoms with Crippen molar-refractivity contribution in [2.45, 2.75) is 25.4 Å². The Balaban J connectivity index is 1.67. The van der Waals surface area contributed by atoms with Gasteiger partial charge in [0.1, 0.15) is 0 Å². The van der Waals surface area contributed by atoms with Crippen LogP contribution in [0.4, 0.5) is 0 Å². The van der Waals surface area contributed by atoms with E-state index in [4.69, 9.17) is 4.74 Å². The molecule has 2 aliphatic heterocycles. The Morgan fingerprint density at radius 1 is 1.23 bits per heavy atom. The number of hydrogen-bond acceptors (Lipinski definition) is 4. The SMILES string of the molecule is CC(=O)N1CCC2(CC1)CN(C(=O)c1cccnc1)CCO2. The molecule has 0 aliphatic carbocycles. The lowest BCUT2D eigenvalue weighted by Crippen LogP contribution is -2.58. The van der Waals surface area contributed by atoms with E-state index in [1.54, 1.807) is 31.5 Å². The lowest BCUT2D eigenvalue weighted by atomic mass is 9.89. The number of pyridine rings is 1. The Morgan fingerprint density at radius 3 is 2.64 bits per heavy atom. The first-order valence-electron chi connectivity index (χ1n) is 7.68. The number of amides is 2. The largest absolute Gasteiger partial charge is 0.371 e. The maximum Gasteiger partial charge on any atom is 0.255 e. The van der Waals surface area contributed by atoms with Crippen LogP contribution >= 0.6 is 0 Å². The first kappa shape index (κ1) is 15.0. The summed E-state index contributed by atoms with van der Waals surface area (Å²) in [5, 5.41) is 0. The fourth-order valence-electron chi connectivity index (χ4n) is 3.22. The average Bonchev–Trinajstić information content (AvgIpc) is 2.55. The van der Waals surface area contributed by atoms with Crippen molar-refractivity contribution in [1.82, 2.24) is 14.8 Å². The molecule has 1 aromatic heterocycles. The van der Waals surface area contributed by atoms with E-state index in [0.717, 1.165) is 12.8 Å². The minimum absolute atomic E-state index is 0.00442. The van der Waals surface area contributed by atoms with E-state index in [1.165, 1.54) is 0 Å². The van der Waals surface area contributed by atoms with Crippen molar-refractivity contribution < 1.29 is 14.3 Å². The number of nitrogens with zero attached hydrogens (tertiary/aromatic N) is 3. The molecule has 2 aliphatic rings. The predicted octanol–water partition coefficient (Wildman–Crippen LogP) is 0.935. The van der Waals surface area contributed by atoms with E-state index in [0.29, 0.717) is 38.3 Å². The fourth-order valence-corrected chi connectivity index (χ4v) is 3.22. The summed E-state index contributed by atoms with van der Waals surface area (Å²) in [5.74, 6) is 0.110. The zero-order valence-electron chi connectivity index (χ0n) is 12.8. The topological polar surface area (TPSA) is 62.7 Å². The summed E-state index contributed by atoms with van der Waals surface area (Å²) in [6, 6.07) is 3.56. The molecule has 1 spiro atoms. The molecular weight excluding hydrogens is 282 g/mol. The van der Waals surface area contributed by atoms with Crippen LogP contribution in [0, 0.1) is 0 Å². The Kier molecular flexibility index (Phi) is 4.11. The summed E-state index contributed by atoms with van der Waals surface area (Å²) in [6.45, 7) is 4.73. The first-order chi connectivity index (χ1) is 10.6. The molecule has 0 saturated carbocycles.